The van der Waals surface area contributed by atoms with Gasteiger partial charge in [-0.3, -0.25) is 4.57 Å². The van der Waals surface area contributed by atoms with Crippen LogP contribution in [-0.2, 0) is 27.0 Å². The van der Waals surface area contributed by atoms with E-state index in [0.717, 1.165) is 5.82 Å². The molecular formula is C31H41N5O4Si. The molecule has 0 spiro atoms. The number of rotatable bonds is 10. The summed E-state index contributed by atoms with van der Waals surface area (Å²) in [5, 5.41) is 10.3. The maximum atomic E-state index is 10.3. The van der Waals surface area contributed by atoms with Gasteiger partial charge in [0.15, 0.2) is 31.5 Å². The monoisotopic (exact) mass is 575 g/mol. The number of hydrogen-bond donors (Lipinski definition) is 1. The zero-order valence-electron chi connectivity index (χ0n) is 24.8. The van der Waals surface area contributed by atoms with Crippen LogP contribution in [0.5, 0.6) is 0 Å². The van der Waals surface area contributed by atoms with Crippen molar-refractivity contribution >= 4 is 25.3 Å². The molecule has 0 bridgehead atoms. The molecule has 4 aromatic rings. The molecule has 3 heterocycles. The maximum absolute atomic E-state index is 10.3. The number of nitrogens with zero attached hydrogens (tertiary/aromatic N) is 5. The average molecular weight is 576 g/mol. The van der Waals surface area contributed by atoms with Crippen molar-refractivity contribution in [3.63, 3.8) is 0 Å². The third kappa shape index (κ3) is 6.07. The van der Waals surface area contributed by atoms with Gasteiger partial charge in [-0.2, -0.15) is 0 Å². The van der Waals surface area contributed by atoms with Crippen LogP contribution in [0.1, 0.15) is 38.1 Å². The summed E-state index contributed by atoms with van der Waals surface area (Å²) in [5.74, 6) is 0.737. The number of fused-ring (bicyclic) bond motifs is 1. The van der Waals surface area contributed by atoms with E-state index in [2.05, 4.69) is 68.0 Å². The van der Waals surface area contributed by atoms with Gasteiger partial charge in [-0.25, -0.2) is 15.0 Å². The number of anilines is 1. The van der Waals surface area contributed by atoms with Gasteiger partial charge in [-0.1, -0.05) is 81.4 Å². The maximum Gasteiger partial charge on any atom is 0.192 e. The second-order valence-corrected chi connectivity index (χ2v) is 16.9. The number of aliphatic hydroxyl groups is 1. The first-order chi connectivity index (χ1) is 19.6. The second kappa shape index (κ2) is 12.0. The Balaban J connectivity index is 1.51. The molecule has 5 rings (SSSR count). The van der Waals surface area contributed by atoms with Crippen molar-refractivity contribution in [3.8, 4) is 0 Å². The van der Waals surface area contributed by atoms with Gasteiger partial charge in [-0.15, -0.1) is 0 Å². The Bertz CT molecular complexity index is 1390. The van der Waals surface area contributed by atoms with Crippen LogP contribution < -0.4 is 4.90 Å². The fourth-order valence-electron chi connectivity index (χ4n) is 5.06. The Kier molecular flexibility index (Phi) is 8.58. The molecule has 0 unspecified atom stereocenters. The molecule has 41 heavy (non-hydrogen) atoms. The van der Waals surface area contributed by atoms with Gasteiger partial charge in [0.05, 0.1) is 12.9 Å². The lowest BCUT2D eigenvalue weighted by molar-refractivity contribution is -0.0583. The predicted octanol–water partition coefficient (Wildman–Crippen LogP) is 5.33. The van der Waals surface area contributed by atoms with E-state index in [1.54, 1.807) is 19.8 Å². The van der Waals surface area contributed by atoms with E-state index in [4.69, 9.17) is 23.9 Å². The van der Waals surface area contributed by atoms with Gasteiger partial charge in [0.1, 0.15) is 24.6 Å². The van der Waals surface area contributed by atoms with Crippen LogP contribution in [-0.4, -0.2) is 65.0 Å². The zero-order valence-corrected chi connectivity index (χ0v) is 25.8. The molecule has 218 valence electrons. The predicted molar refractivity (Wildman–Crippen MR) is 162 cm³/mol. The summed E-state index contributed by atoms with van der Waals surface area (Å²) in [6.07, 6.45) is 1.31. The molecule has 1 aliphatic rings. The SMILES string of the molecule is CO[C@@H]1[C@H](O[Si](C)(C)C(C)(C)C)[C@@H](CO)O[C@H]1n1cnc2c(N(Cc3ccccc3)Cc3ccccc3)ncnc21. The summed E-state index contributed by atoms with van der Waals surface area (Å²) in [7, 11) is -0.524. The molecular weight excluding hydrogens is 534 g/mol. The van der Waals surface area contributed by atoms with E-state index in [0.29, 0.717) is 24.3 Å². The fourth-order valence-corrected chi connectivity index (χ4v) is 6.38. The quantitative estimate of drug-likeness (QED) is 0.254. The molecule has 1 aliphatic heterocycles. The molecule has 1 N–H and O–H groups in total. The lowest BCUT2D eigenvalue weighted by atomic mass is 10.1. The molecule has 10 heteroatoms. The minimum absolute atomic E-state index is 0.00578. The highest BCUT2D eigenvalue weighted by molar-refractivity contribution is 6.74. The summed E-state index contributed by atoms with van der Waals surface area (Å²) in [4.78, 5) is 16.4. The Morgan fingerprint density at radius 2 is 1.54 bits per heavy atom. The third-order valence-corrected chi connectivity index (χ3v) is 12.8. The summed E-state index contributed by atoms with van der Waals surface area (Å²) in [6, 6.07) is 20.7. The van der Waals surface area contributed by atoms with Gasteiger partial charge in [-0.05, 0) is 29.3 Å². The topological polar surface area (TPSA) is 94.8 Å². The molecule has 9 nitrogen and oxygen atoms in total. The van der Waals surface area contributed by atoms with Gasteiger partial charge < -0.3 is 23.9 Å². The third-order valence-electron chi connectivity index (χ3n) is 8.32. The van der Waals surface area contributed by atoms with Crippen LogP contribution in [0.25, 0.3) is 11.2 Å². The van der Waals surface area contributed by atoms with Crippen LogP contribution in [0.15, 0.2) is 73.3 Å². The van der Waals surface area contributed by atoms with E-state index in [1.165, 1.54) is 11.1 Å². The van der Waals surface area contributed by atoms with Crippen molar-refractivity contribution in [3.05, 3.63) is 84.4 Å². The van der Waals surface area contributed by atoms with Crippen molar-refractivity contribution in [1.82, 2.24) is 19.5 Å². The van der Waals surface area contributed by atoms with Crippen LogP contribution in [0.4, 0.5) is 5.82 Å². The van der Waals surface area contributed by atoms with Crippen LogP contribution >= 0.6 is 0 Å². The molecule has 1 saturated heterocycles. The van der Waals surface area contributed by atoms with Gasteiger partial charge in [0, 0.05) is 20.2 Å². The van der Waals surface area contributed by atoms with E-state index < -0.39 is 32.9 Å². The van der Waals surface area contributed by atoms with E-state index in [9.17, 15) is 5.11 Å². The molecule has 0 aliphatic carbocycles. The summed E-state index contributed by atoms with van der Waals surface area (Å²) in [5.41, 5.74) is 3.65. The minimum atomic E-state index is -2.18. The molecule has 4 atom stereocenters. The first-order valence-corrected chi connectivity index (χ1v) is 17.0. The van der Waals surface area contributed by atoms with Crippen molar-refractivity contribution < 1.29 is 19.0 Å². The van der Waals surface area contributed by atoms with Gasteiger partial charge in [0.25, 0.3) is 0 Å². The van der Waals surface area contributed by atoms with Gasteiger partial charge >= 0.3 is 0 Å². The average Bonchev–Trinajstić information content (AvgIpc) is 3.53. The zero-order chi connectivity index (χ0) is 29.2. The van der Waals surface area contributed by atoms with Crippen LogP contribution in [0, 0.1) is 0 Å². The minimum Gasteiger partial charge on any atom is -0.408 e. The number of hydrogen-bond acceptors (Lipinski definition) is 8. The standard InChI is InChI=1S/C31H41N5O4Si/c1-31(2,3)41(5,6)40-26-24(19-37)39-30(27(26)38-4)36-21-34-25-28(32-20-33-29(25)36)35(17-22-13-9-7-10-14-22)18-23-15-11-8-12-16-23/h7-16,20-21,24,26-27,30,37H,17-19H2,1-6H3/t24-,26-,27-,30-/m1/s1. The number of imidazole rings is 1. The van der Waals surface area contributed by atoms with Crippen molar-refractivity contribution in [2.75, 3.05) is 18.6 Å². The molecule has 2 aromatic heterocycles. The normalized spacial score (nSPS) is 21.4. The van der Waals surface area contributed by atoms with Crippen LogP contribution in [0.3, 0.4) is 0 Å². The molecule has 0 radical (unpaired) electrons. The van der Waals surface area contributed by atoms with Crippen molar-refractivity contribution in [1.29, 1.82) is 0 Å². The highest BCUT2D eigenvalue weighted by Gasteiger charge is 2.51. The molecule has 0 saturated carbocycles. The summed E-state index contributed by atoms with van der Waals surface area (Å²) < 4.78 is 21.0. The Hall–Kier alpha value is -3.15. The fraction of sp³-hybridized carbons (Fsp3) is 0.452. The smallest absolute Gasteiger partial charge is 0.192 e. The Labute approximate surface area is 243 Å². The Morgan fingerprint density at radius 1 is 0.927 bits per heavy atom. The number of ether oxygens (including phenoxy) is 2. The van der Waals surface area contributed by atoms with Gasteiger partial charge in [0.2, 0.25) is 0 Å². The van der Waals surface area contributed by atoms with Crippen molar-refractivity contribution in [2.45, 2.75) is 76.5 Å². The molecule has 1 fully saturated rings. The number of aliphatic hydroxyl groups excluding tert-OH is 1. The second-order valence-electron chi connectivity index (χ2n) is 12.1. The summed E-state index contributed by atoms with van der Waals surface area (Å²) >= 11 is 0. The molecule has 2 aromatic carbocycles. The van der Waals surface area contributed by atoms with Crippen LogP contribution in [0.2, 0.25) is 18.1 Å². The number of methoxy groups -OCH3 is 1. The Morgan fingerprint density at radius 3 is 2.07 bits per heavy atom. The van der Waals surface area contributed by atoms with E-state index in [-0.39, 0.29) is 11.6 Å². The molecule has 0 amide bonds. The highest BCUT2D eigenvalue weighted by Crippen LogP contribution is 2.42. The lowest BCUT2D eigenvalue weighted by Crippen LogP contribution is -2.50. The highest BCUT2D eigenvalue weighted by atomic mass is 28.4. The first kappa shape index (κ1) is 29.3. The summed E-state index contributed by atoms with van der Waals surface area (Å²) in [6.45, 7) is 12.1. The van der Waals surface area contributed by atoms with E-state index in [1.807, 2.05) is 41.0 Å². The lowest BCUT2D eigenvalue weighted by Gasteiger charge is -2.40. The van der Waals surface area contributed by atoms with Crippen molar-refractivity contribution in [2.24, 2.45) is 0 Å². The number of aromatic nitrogens is 4. The van der Waals surface area contributed by atoms with E-state index >= 15 is 0 Å². The largest absolute Gasteiger partial charge is 0.408 e. The number of benzene rings is 2. The first-order valence-electron chi connectivity index (χ1n) is 14.1.